The maximum Gasteiger partial charge on any atom is 0.416 e. The number of carboxylic acid groups (broad SMARTS) is 1. The summed E-state index contributed by atoms with van der Waals surface area (Å²) in [5.74, 6) is -2.23. The molecule has 2 aromatic carbocycles. The molecule has 0 atom stereocenters. The van der Waals surface area contributed by atoms with Gasteiger partial charge in [0, 0.05) is 25.1 Å². The molecule has 228 valence electrons. The second-order valence-corrected chi connectivity index (χ2v) is 9.21. The summed E-state index contributed by atoms with van der Waals surface area (Å²) in [5.41, 5.74) is -5.54. The van der Waals surface area contributed by atoms with Crippen molar-refractivity contribution in [1.29, 1.82) is 0 Å². The van der Waals surface area contributed by atoms with Crippen LogP contribution >= 0.6 is 11.6 Å². The fourth-order valence-corrected chi connectivity index (χ4v) is 3.87. The molecule has 0 aliphatic heterocycles. The highest BCUT2D eigenvalue weighted by atomic mass is 35.5. The monoisotopic (exact) mass is 631 g/mol. The van der Waals surface area contributed by atoms with E-state index in [1.165, 1.54) is 0 Å². The number of rotatable bonds is 10. The van der Waals surface area contributed by atoms with Gasteiger partial charge in [-0.3, -0.25) is 4.79 Å². The van der Waals surface area contributed by atoms with Crippen LogP contribution in [0.4, 0.5) is 45.5 Å². The second kappa shape index (κ2) is 12.5. The molecule has 0 aliphatic rings. The zero-order valence-electron chi connectivity index (χ0n) is 20.9. The minimum atomic E-state index is -5.16. The predicted molar refractivity (Wildman–Crippen MR) is 129 cm³/mol. The molecule has 1 heterocycles. The maximum atomic E-state index is 13.4. The number of phenolic OH excluding ortho intramolecular Hbond substituents is 1. The highest BCUT2D eigenvalue weighted by Gasteiger charge is 2.37. The van der Waals surface area contributed by atoms with E-state index < -0.39 is 76.2 Å². The number of carbonyl (C=O) groups is 1. The van der Waals surface area contributed by atoms with Crippen LogP contribution in [0.15, 0.2) is 42.7 Å². The number of ether oxygens (including phenoxy) is 1. The number of phenols is 1. The zero-order valence-corrected chi connectivity index (χ0v) is 21.7. The second-order valence-electron chi connectivity index (χ2n) is 8.80. The van der Waals surface area contributed by atoms with Crippen molar-refractivity contribution in [1.82, 2.24) is 9.97 Å². The van der Waals surface area contributed by atoms with Gasteiger partial charge < -0.3 is 19.8 Å². The molecule has 0 radical (unpaired) electrons. The molecule has 0 saturated carbocycles. The molecule has 0 aliphatic carbocycles. The van der Waals surface area contributed by atoms with Crippen LogP contribution in [-0.2, 0) is 36.4 Å². The number of carboxylic acids is 1. The van der Waals surface area contributed by atoms with Crippen LogP contribution in [0.25, 0.3) is 0 Å². The number of halogens is 10. The topological polar surface area (TPSA) is 95.8 Å². The average Bonchev–Trinajstić information content (AvgIpc) is 2.87. The van der Waals surface area contributed by atoms with Crippen LogP contribution in [0.3, 0.4) is 0 Å². The Bertz CT molecular complexity index is 1380. The van der Waals surface area contributed by atoms with Crippen LogP contribution in [0, 0.1) is 0 Å². The first-order chi connectivity index (χ1) is 19.3. The van der Waals surface area contributed by atoms with Gasteiger partial charge in [-0.2, -0.15) is 39.5 Å². The molecule has 0 spiro atoms. The fraction of sp³-hybridized carbons (Fsp3) is 0.320. The Kier molecular flexibility index (Phi) is 9.70. The third-order valence-corrected chi connectivity index (χ3v) is 5.84. The number of benzene rings is 2. The van der Waals surface area contributed by atoms with Crippen molar-refractivity contribution < 1.29 is 59.3 Å². The quantitative estimate of drug-likeness (QED) is 0.179. The van der Waals surface area contributed by atoms with Crippen molar-refractivity contribution in [3.05, 3.63) is 75.6 Å². The predicted octanol–water partition coefficient (Wildman–Crippen LogP) is 7.34. The van der Waals surface area contributed by atoms with Gasteiger partial charge in [-0.05, 0) is 42.3 Å². The lowest BCUT2D eigenvalue weighted by molar-refractivity contribution is -0.143. The van der Waals surface area contributed by atoms with E-state index in [0.717, 1.165) is 17.3 Å². The summed E-state index contributed by atoms with van der Waals surface area (Å²) in [4.78, 5) is 19.4. The standard InChI is InChI=1S/C25H19ClF9N3O4/c26-19-8-17(25(33,34)35)6-14(21(19)41)12-38(22-36-9-18(10-37-22)42-3-1-2-20(39)40)11-13-4-15(23(27,28)29)7-16(5-13)24(30,31)32/h4-10,41H,1-3,11-12H2,(H,39,40). The first kappa shape index (κ1) is 32.6. The van der Waals surface area contributed by atoms with E-state index >= 15 is 0 Å². The summed E-state index contributed by atoms with van der Waals surface area (Å²) in [6.07, 6.45) is -13.2. The van der Waals surface area contributed by atoms with Gasteiger partial charge in [0.05, 0.1) is 40.7 Å². The molecule has 17 heteroatoms. The minimum absolute atomic E-state index is 0.0208. The van der Waals surface area contributed by atoms with E-state index in [1.807, 2.05) is 0 Å². The minimum Gasteiger partial charge on any atom is -0.506 e. The third-order valence-electron chi connectivity index (χ3n) is 5.55. The summed E-state index contributed by atoms with van der Waals surface area (Å²) < 4.78 is 126. The molecule has 7 nitrogen and oxygen atoms in total. The number of aromatic nitrogens is 2. The van der Waals surface area contributed by atoms with Crippen LogP contribution < -0.4 is 9.64 Å². The molecule has 1 aromatic heterocycles. The van der Waals surface area contributed by atoms with Gasteiger partial charge in [0.15, 0.2) is 5.75 Å². The SMILES string of the molecule is O=C(O)CCCOc1cnc(N(Cc2cc(C(F)(F)F)cc(C(F)(F)F)c2)Cc2cc(C(F)(F)F)cc(Cl)c2O)nc1. The molecule has 0 saturated heterocycles. The molecule has 3 rings (SSSR count). The molecule has 0 unspecified atom stereocenters. The Morgan fingerprint density at radius 1 is 0.833 bits per heavy atom. The number of hydrogen-bond donors (Lipinski definition) is 2. The van der Waals surface area contributed by atoms with Crippen molar-refractivity contribution in [2.24, 2.45) is 0 Å². The van der Waals surface area contributed by atoms with Gasteiger partial charge in [-0.25, -0.2) is 9.97 Å². The van der Waals surface area contributed by atoms with Crippen LogP contribution in [0.2, 0.25) is 5.02 Å². The fourth-order valence-electron chi connectivity index (χ4n) is 3.63. The van der Waals surface area contributed by atoms with E-state index in [0.29, 0.717) is 24.3 Å². The smallest absolute Gasteiger partial charge is 0.416 e. The number of hydrogen-bond acceptors (Lipinski definition) is 6. The maximum absolute atomic E-state index is 13.4. The molecule has 0 amide bonds. The number of aromatic hydroxyl groups is 1. The molecule has 2 N–H and O–H groups in total. The van der Waals surface area contributed by atoms with E-state index in [1.54, 1.807) is 0 Å². The largest absolute Gasteiger partial charge is 0.506 e. The Morgan fingerprint density at radius 2 is 1.36 bits per heavy atom. The lowest BCUT2D eigenvalue weighted by Crippen LogP contribution is -2.25. The summed E-state index contributed by atoms with van der Waals surface area (Å²) in [5, 5.41) is 18.3. The van der Waals surface area contributed by atoms with Gasteiger partial charge in [0.2, 0.25) is 5.95 Å². The lowest BCUT2D eigenvalue weighted by Gasteiger charge is -2.25. The molecule has 42 heavy (non-hydrogen) atoms. The Morgan fingerprint density at radius 3 is 1.86 bits per heavy atom. The Hall–Kier alpha value is -3.95. The summed E-state index contributed by atoms with van der Waals surface area (Å²) in [6.45, 7) is -1.56. The first-order valence-corrected chi connectivity index (χ1v) is 12.0. The van der Waals surface area contributed by atoms with Crippen LogP contribution in [-0.4, -0.2) is 32.8 Å². The first-order valence-electron chi connectivity index (χ1n) is 11.6. The number of anilines is 1. The zero-order chi connectivity index (χ0) is 31.5. The van der Waals surface area contributed by atoms with Crippen molar-refractivity contribution in [3.8, 4) is 11.5 Å². The molecular weight excluding hydrogens is 613 g/mol. The van der Waals surface area contributed by atoms with E-state index in [9.17, 15) is 49.4 Å². The van der Waals surface area contributed by atoms with E-state index in [4.69, 9.17) is 21.4 Å². The van der Waals surface area contributed by atoms with Crippen molar-refractivity contribution in [2.45, 2.75) is 44.5 Å². The molecule has 3 aromatic rings. The Balaban J connectivity index is 2.04. The normalized spacial score (nSPS) is 12.3. The van der Waals surface area contributed by atoms with Gasteiger partial charge in [0.25, 0.3) is 0 Å². The van der Waals surface area contributed by atoms with Gasteiger partial charge in [0.1, 0.15) is 5.75 Å². The highest BCUT2D eigenvalue weighted by Crippen LogP contribution is 2.39. The summed E-state index contributed by atoms with van der Waals surface area (Å²) >= 11 is 5.75. The third kappa shape index (κ3) is 8.77. The molecular formula is C25H19ClF9N3O4. The van der Waals surface area contributed by atoms with Gasteiger partial charge in [-0.15, -0.1) is 0 Å². The summed E-state index contributed by atoms with van der Waals surface area (Å²) in [7, 11) is 0. The number of alkyl halides is 9. The summed E-state index contributed by atoms with van der Waals surface area (Å²) in [6, 6.07) is 1.74. The van der Waals surface area contributed by atoms with E-state index in [2.05, 4.69) is 9.97 Å². The Labute approximate surface area is 236 Å². The van der Waals surface area contributed by atoms with Crippen molar-refractivity contribution in [3.63, 3.8) is 0 Å². The van der Waals surface area contributed by atoms with Crippen LogP contribution in [0.1, 0.15) is 40.7 Å². The lowest BCUT2D eigenvalue weighted by atomic mass is 10.0. The van der Waals surface area contributed by atoms with Gasteiger partial charge in [-0.1, -0.05) is 11.6 Å². The highest BCUT2D eigenvalue weighted by molar-refractivity contribution is 6.32. The van der Waals surface area contributed by atoms with Crippen molar-refractivity contribution >= 4 is 23.5 Å². The average molecular weight is 632 g/mol. The van der Waals surface area contributed by atoms with E-state index in [-0.39, 0.29) is 37.2 Å². The number of nitrogens with zero attached hydrogens (tertiary/aromatic N) is 3. The molecule has 0 bridgehead atoms. The van der Waals surface area contributed by atoms with Gasteiger partial charge >= 0.3 is 24.5 Å². The van der Waals surface area contributed by atoms with Crippen molar-refractivity contribution in [2.75, 3.05) is 11.5 Å². The van der Waals surface area contributed by atoms with Crippen LogP contribution in [0.5, 0.6) is 11.5 Å². The molecule has 0 fully saturated rings. The number of aliphatic carboxylic acids is 1.